The second-order valence-electron chi connectivity index (χ2n) is 6.54. The minimum Gasteiger partial charge on any atom is -0.496 e. The number of carbonyl (C=O) groups is 1. The van der Waals surface area contributed by atoms with Crippen LogP contribution < -0.4 is 20.1 Å². The van der Waals surface area contributed by atoms with Gasteiger partial charge in [-0.05, 0) is 6.92 Å². The first kappa shape index (κ1) is 23.3. The Hall–Kier alpha value is -4.40. The highest BCUT2D eigenvalue weighted by Gasteiger charge is 2.18. The van der Waals surface area contributed by atoms with Crippen LogP contribution in [0.25, 0.3) is 11.3 Å². The fraction of sp³-hybridized carbons (Fsp3) is 0.286. The molecule has 2 heterocycles. The number of aromatic nitrogens is 4. The molecule has 1 aromatic carbocycles. The van der Waals surface area contributed by atoms with Crippen molar-refractivity contribution in [2.75, 3.05) is 32.2 Å². The molecule has 0 atom stereocenters. The first-order valence-electron chi connectivity index (χ1n) is 10.00. The molecular formula is C21H22FN7O4. The van der Waals surface area contributed by atoms with E-state index >= 15 is 0 Å². The van der Waals surface area contributed by atoms with Gasteiger partial charge in [0.15, 0.2) is 11.5 Å². The maximum Gasteiger partial charge on any atom is 0.407 e. The summed E-state index contributed by atoms with van der Waals surface area (Å²) in [6.45, 7) is 2.59. The fourth-order valence-electron chi connectivity index (χ4n) is 2.79. The van der Waals surface area contributed by atoms with E-state index in [0.717, 1.165) is 0 Å². The lowest BCUT2D eigenvalue weighted by molar-refractivity contribution is 0.138. The number of hydrogen-bond acceptors (Lipinski definition) is 9. The summed E-state index contributed by atoms with van der Waals surface area (Å²) < 4.78 is 30.2. The zero-order valence-corrected chi connectivity index (χ0v) is 18.0. The smallest absolute Gasteiger partial charge is 0.407 e. The van der Waals surface area contributed by atoms with Crippen molar-refractivity contribution in [2.24, 2.45) is 0 Å². The van der Waals surface area contributed by atoms with E-state index in [4.69, 9.17) is 19.5 Å². The number of aromatic amines is 1. The van der Waals surface area contributed by atoms with Gasteiger partial charge >= 0.3 is 6.09 Å². The quantitative estimate of drug-likeness (QED) is 0.392. The number of anilines is 2. The Bertz CT molecular complexity index is 1130. The highest BCUT2D eigenvalue weighted by molar-refractivity contribution is 5.76. The van der Waals surface area contributed by atoms with Crippen LogP contribution >= 0.6 is 0 Å². The van der Waals surface area contributed by atoms with Crippen molar-refractivity contribution in [1.29, 1.82) is 5.26 Å². The van der Waals surface area contributed by atoms with E-state index in [2.05, 4.69) is 30.8 Å². The number of rotatable bonds is 10. The molecule has 0 unspecified atom stereocenters. The molecule has 0 bridgehead atoms. The molecule has 0 fully saturated rings. The van der Waals surface area contributed by atoms with Crippen LogP contribution in [-0.4, -0.2) is 53.1 Å². The van der Waals surface area contributed by atoms with Crippen LogP contribution in [0.3, 0.4) is 0 Å². The SMILES string of the molecule is CCNC(=O)OCCCOc1cc(F)cc(OC)c1-c1cc(Nc2cnc(C#N)cn2)n[nH]1. The number of nitriles is 1. The lowest BCUT2D eigenvalue weighted by Crippen LogP contribution is -2.24. The Morgan fingerprint density at radius 3 is 2.70 bits per heavy atom. The third-order valence-electron chi connectivity index (χ3n) is 4.22. The summed E-state index contributed by atoms with van der Waals surface area (Å²) in [5.74, 6) is 0.753. The normalized spacial score (nSPS) is 10.2. The second kappa shape index (κ2) is 11.3. The van der Waals surface area contributed by atoms with Crippen LogP contribution in [0.2, 0.25) is 0 Å². The standard InChI is InChI=1S/C21H22FN7O4/c1-3-24-21(30)33-6-4-5-32-17-8-13(22)7-16(31-2)20(17)15-9-18(29-28-15)27-19-12-25-14(10-23)11-26-19/h7-9,11-12H,3-6H2,1-2H3,(H,24,30)(H2,26,27,28,29). The van der Waals surface area contributed by atoms with Gasteiger partial charge in [-0.3, -0.25) is 5.10 Å². The Kier molecular flexibility index (Phi) is 7.96. The number of nitrogens with zero attached hydrogens (tertiary/aromatic N) is 4. The number of benzene rings is 1. The van der Waals surface area contributed by atoms with Gasteiger partial charge < -0.3 is 24.8 Å². The monoisotopic (exact) mass is 455 g/mol. The average molecular weight is 455 g/mol. The molecule has 33 heavy (non-hydrogen) atoms. The van der Waals surface area contributed by atoms with Crippen molar-refractivity contribution < 1.29 is 23.4 Å². The largest absolute Gasteiger partial charge is 0.496 e. The van der Waals surface area contributed by atoms with E-state index < -0.39 is 11.9 Å². The fourth-order valence-corrected chi connectivity index (χ4v) is 2.79. The topological polar surface area (TPSA) is 147 Å². The van der Waals surface area contributed by atoms with Gasteiger partial charge in [-0.2, -0.15) is 10.4 Å². The van der Waals surface area contributed by atoms with Gasteiger partial charge in [0, 0.05) is 31.2 Å². The van der Waals surface area contributed by atoms with Crippen LogP contribution in [0.5, 0.6) is 11.5 Å². The van der Waals surface area contributed by atoms with E-state index in [1.807, 2.05) is 6.07 Å². The van der Waals surface area contributed by atoms with Crippen molar-refractivity contribution in [3.05, 3.63) is 42.1 Å². The number of ether oxygens (including phenoxy) is 3. The molecule has 3 rings (SSSR count). The second-order valence-corrected chi connectivity index (χ2v) is 6.54. The first-order chi connectivity index (χ1) is 16.0. The Balaban J connectivity index is 1.73. The number of carbonyl (C=O) groups excluding carboxylic acids is 1. The zero-order chi connectivity index (χ0) is 23.6. The molecule has 172 valence electrons. The number of halogens is 1. The van der Waals surface area contributed by atoms with E-state index in [1.165, 1.54) is 31.6 Å². The van der Waals surface area contributed by atoms with Crippen molar-refractivity contribution >= 4 is 17.7 Å². The molecule has 3 N–H and O–H groups in total. The van der Waals surface area contributed by atoms with Crippen LogP contribution in [-0.2, 0) is 4.74 Å². The molecule has 0 saturated carbocycles. The lowest BCUT2D eigenvalue weighted by Gasteiger charge is -2.14. The number of nitrogens with one attached hydrogen (secondary N) is 3. The summed E-state index contributed by atoms with van der Waals surface area (Å²) in [6.07, 6.45) is 2.64. The number of alkyl carbamates (subject to hydrolysis) is 1. The zero-order valence-electron chi connectivity index (χ0n) is 18.0. The maximum atomic E-state index is 14.1. The van der Waals surface area contributed by atoms with Gasteiger partial charge in [-0.15, -0.1) is 0 Å². The number of methoxy groups -OCH3 is 1. The van der Waals surface area contributed by atoms with Gasteiger partial charge in [0.25, 0.3) is 0 Å². The number of H-pyrrole nitrogens is 1. The van der Waals surface area contributed by atoms with Gasteiger partial charge in [0.2, 0.25) is 0 Å². The van der Waals surface area contributed by atoms with Gasteiger partial charge in [-0.25, -0.2) is 19.2 Å². The molecule has 0 saturated heterocycles. The minimum atomic E-state index is -0.533. The van der Waals surface area contributed by atoms with Crippen molar-refractivity contribution in [3.63, 3.8) is 0 Å². The number of amides is 1. The highest BCUT2D eigenvalue weighted by atomic mass is 19.1. The highest BCUT2D eigenvalue weighted by Crippen LogP contribution is 2.39. The molecule has 2 aromatic heterocycles. The minimum absolute atomic E-state index is 0.150. The molecule has 0 aliphatic heterocycles. The summed E-state index contributed by atoms with van der Waals surface area (Å²) in [4.78, 5) is 19.3. The molecule has 11 nitrogen and oxygen atoms in total. The summed E-state index contributed by atoms with van der Waals surface area (Å²) in [5, 5.41) is 21.3. The van der Waals surface area contributed by atoms with Crippen LogP contribution in [0.1, 0.15) is 19.0 Å². The Morgan fingerprint density at radius 1 is 1.18 bits per heavy atom. The Labute approximate surface area is 188 Å². The van der Waals surface area contributed by atoms with Crippen molar-refractivity contribution in [2.45, 2.75) is 13.3 Å². The van der Waals surface area contributed by atoms with E-state index in [0.29, 0.717) is 35.9 Å². The average Bonchev–Trinajstić information content (AvgIpc) is 3.27. The van der Waals surface area contributed by atoms with Crippen molar-refractivity contribution in [3.8, 4) is 28.8 Å². The summed E-state index contributed by atoms with van der Waals surface area (Å²) in [7, 11) is 1.42. The van der Waals surface area contributed by atoms with Crippen LogP contribution in [0.4, 0.5) is 20.8 Å². The first-order valence-corrected chi connectivity index (χ1v) is 10.00. The molecule has 12 heteroatoms. The molecule has 0 radical (unpaired) electrons. The Morgan fingerprint density at radius 2 is 2.00 bits per heavy atom. The summed E-state index contributed by atoms with van der Waals surface area (Å²) in [5.41, 5.74) is 1.16. The summed E-state index contributed by atoms with van der Waals surface area (Å²) in [6, 6.07) is 6.04. The van der Waals surface area contributed by atoms with E-state index in [1.54, 1.807) is 13.0 Å². The summed E-state index contributed by atoms with van der Waals surface area (Å²) >= 11 is 0. The van der Waals surface area contributed by atoms with E-state index in [9.17, 15) is 9.18 Å². The van der Waals surface area contributed by atoms with Crippen molar-refractivity contribution in [1.82, 2.24) is 25.5 Å². The predicted octanol–water partition coefficient (Wildman–Crippen LogP) is 3.14. The third-order valence-corrected chi connectivity index (χ3v) is 4.22. The van der Waals surface area contributed by atoms with Crippen LogP contribution in [0.15, 0.2) is 30.6 Å². The van der Waals surface area contributed by atoms with Gasteiger partial charge in [-0.1, -0.05) is 0 Å². The molecule has 0 spiro atoms. The molecule has 3 aromatic rings. The number of hydrogen-bond donors (Lipinski definition) is 3. The molecular weight excluding hydrogens is 433 g/mol. The molecule has 1 amide bonds. The molecule has 0 aliphatic rings. The maximum absolute atomic E-state index is 14.1. The molecule has 0 aliphatic carbocycles. The van der Waals surface area contributed by atoms with E-state index in [-0.39, 0.29) is 30.4 Å². The predicted molar refractivity (Wildman–Crippen MR) is 116 cm³/mol. The van der Waals surface area contributed by atoms with Gasteiger partial charge in [0.05, 0.1) is 44.0 Å². The third kappa shape index (κ3) is 6.30. The lowest BCUT2D eigenvalue weighted by atomic mass is 10.1. The van der Waals surface area contributed by atoms with Gasteiger partial charge in [0.1, 0.15) is 29.2 Å². The van der Waals surface area contributed by atoms with Crippen LogP contribution in [0, 0.1) is 17.1 Å².